The lowest BCUT2D eigenvalue weighted by Gasteiger charge is -2.30. The van der Waals surface area contributed by atoms with Crippen LogP contribution in [-0.2, 0) is 0 Å². The standard InChI is InChI=1S/C25H29FN4O2/c1-17-7-10-24(30-27-11-12-28-30)22(13-17)25(31)29-15-20(6-4-5-19(29)3)16-32-21-8-9-23(26)18(2)14-21/h7-14,19-20H,4-6,15-16H2,1-3H3. The average Bonchev–Trinajstić information content (AvgIpc) is 3.24. The molecule has 6 nitrogen and oxygen atoms in total. The summed E-state index contributed by atoms with van der Waals surface area (Å²) in [5.74, 6) is 0.603. The van der Waals surface area contributed by atoms with Gasteiger partial charge in [0.1, 0.15) is 11.6 Å². The molecule has 1 aliphatic heterocycles. The number of hydrogen-bond acceptors (Lipinski definition) is 4. The summed E-state index contributed by atoms with van der Waals surface area (Å²) >= 11 is 0. The van der Waals surface area contributed by atoms with E-state index in [1.165, 1.54) is 10.9 Å². The molecule has 3 aromatic rings. The number of rotatable bonds is 5. The second kappa shape index (κ2) is 9.51. The lowest BCUT2D eigenvalue weighted by Crippen LogP contribution is -2.41. The summed E-state index contributed by atoms with van der Waals surface area (Å²) in [6.07, 6.45) is 6.16. The second-order valence-electron chi connectivity index (χ2n) is 8.66. The fourth-order valence-corrected chi connectivity index (χ4v) is 4.24. The molecule has 0 spiro atoms. The Bertz CT molecular complexity index is 1080. The molecule has 7 heteroatoms. The maximum Gasteiger partial charge on any atom is 0.256 e. The zero-order chi connectivity index (χ0) is 22.7. The van der Waals surface area contributed by atoms with E-state index in [0.717, 1.165) is 24.8 Å². The van der Waals surface area contributed by atoms with Crippen molar-refractivity contribution in [2.24, 2.45) is 5.92 Å². The van der Waals surface area contributed by atoms with Crippen molar-refractivity contribution in [1.82, 2.24) is 19.9 Å². The number of amides is 1. The molecule has 0 bridgehead atoms. The fourth-order valence-electron chi connectivity index (χ4n) is 4.24. The van der Waals surface area contributed by atoms with Gasteiger partial charge in [-0.15, -0.1) is 0 Å². The van der Waals surface area contributed by atoms with E-state index < -0.39 is 0 Å². The first-order valence-corrected chi connectivity index (χ1v) is 11.1. The minimum absolute atomic E-state index is 0.0157. The molecule has 1 aliphatic rings. The van der Waals surface area contributed by atoms with Crippen LogP contribution in [0.3, 0.4) is 0 Å². The number of aromatic nitrogens is 3. The molecular formula is C25H29FN4O2. The van der Waals surface area contributed by atoms with Gasteiger partial charge >= 0.3 is 0 Å². The van der Waals surface area contributed by atoms with Gasteiger partial charge in [0.15, 0.2) is 0 Å². The molecule has 4 rings (SSSR count). The minimum Gasteiger partial charge on any atom is -0.493 e. The van der Waals surface area contributed by atoms with Gasteiger partial charge in [-0.3, -0.25) is 4.79 Å². The highest BCUT2D eigenvalue weighted by Crippen LogP contribution is 2.26. The number of benzene rings is 2. The molecule has 2 aromatic carbocycles. The molecule has 2 unspecified atom stereocenters. The van der Waals surface area contributed by atoms with Crippen molar-refractivity contribution in [3.05, 3.63) is 71.3 Å². The third-order valence-electron chi connectivity index (χ3n) is 6.11. The molecule has 2 atom stereocenters. The fraction of sp³-hybridized carbons (Fsp3) is 0.400. The van der Waals surface area contributed by atoms with Crippen molar-refractivity contribution in [3.63, 3.8) is 0 Å². The second-order valence-corrected chi connectivity index (χ2v) is 8.66. The van der Waals surface area contributed by atoms with Crippen molar-refractivity contribution in [2.75, 3.05) is 13.2 Å². The number of likely N-dealkylation sites (tertiary alicyclic amines) is 1. The van der Waals surface area contributed by atoms with Crippen molar-refractivity contribution >= 4 is 5.91 Å². The van der Waals surface area contributed by atoms with Gasteiger partial charge < -0.3 is 9.64 Å². The summed E-state index contributed by atoms with van der Waals surface area (Å²) in [5.41, 5.74) is 2.85. The van der Waals surface area contributed by atoms with Gasteiger partial charge in [0.2, 0.25) is 0 Å². The molecule has 0 N–H and O–H groups in total. The maximum absolute atomic E-state index is 13.7. The minimum atomic E-state index is -0.238. The molecule has 0 saturated carbocycles. The number of aryl methyl sites for hydroxylation is 2. The summed E-state index contributed by atoms with van der Waals surface area (Å²) in [6.45, 7) is 6.91. The van der Waals surface area contributed by atoms with Crippen LogP contribution in [0.1, 0.15) is 47.7 Å². The quantitative estimate of drug-likeness (QED) is 0.580. The summed E-state index contributed by atoms with van der Waals surface area (Å²) < 4.78 is 19.5. The third kappa shape index (κ3) is 4.82. The lowest BCUT2D eigenvalue weighted by atomic mass is 10.0. The molecule has 168 valence electrons. The van der Waals surface area contributed by atoms with Crippen LogP contribution >= 0.6 is 0 Å². The summed E-state index contributed by atoms with van der Waals surface area (Å²) in [6, 6.07) is 10.7. The van der Waals surface area contributed by atoms with Gasteiger partial charge in [0.25, 0.3) is 5.91 Å². The van der Waals surface area contributed by atoms with E-state index in [4.69, 9.17) is 4.74 Å². The largest absolute Gasteiger partial charge is 0.493 e. The number of ether oxygens (including phenoxy) is 1. The van der Waals surface area contributed by atoms with Crippen LogP contribution < -0.4 is 4.74 Å². The third-order valence-corrected chi connectivity index (χ3v) is 6.11. The Morgan fingerprint density at radius 3 is 2.66 bits per heavy atom. The number of hydrogen-bond donors (Lipinski definition) is 0. The van der Waals surface area contributed by atoms with Crippen molar-refractivity contribution in [2.45, 2.75) is 46.1 Å². The Hall–Kier alpha value is -3.22. The van der Waals surface area contributed by atoms with Gasteiger partial charge in [-0.05, 0) is 69.5 Å². The van der Waals surface area contributed by atoms with Gasteiger partial charge in [-0.1, -0.05) is 18.1 Å². The first-order chi connectivity index (χ1) is 15.4. The van der Waals surface area contributed by atoms with E-state index in [1.807, 2.05) is 30.0 Å². The molecular weight excluding hydrogens is 407 g/mol. The molecule has 2 heterocycles. The SMILES string of the molecule is Cc1ccc(-n2nccn2)c(C(=O)N2CC(COc3ccc(F)c(C)c3)CCCC2C)c1. The molecule has 0 aliphatic carbocycles. The van der Waals surface area contributed by atoms with Crippen molar-refractivity contribution in [3.8, 4) is 11.4 Å². The Morgan fingerprint density at radius 2 is 1.91 bits per heavy atom. The van der Waals surface area contributed by atoms with Crippen LogP contribution in [0.25, 0.3) is 5.69 Å². The predicted octanol–water partition coefficient (Wildman–Crippen LogP) is 4.73. The highest BCUT2D eigenvalue weighted by atomic mass is 19.1. The first-order valence-electron chi connectivity index (χ1n) is 11.1. The van der Waals surface area contributed by atoms with Gasteiger partial charge in [0, 0.05) is 18.5 Å². The number of nitrogens with zero attached hydrogens (tertiary/aromatic N) is 4. The van der Waals surface area contributed by atoms with Crippen LogP contribution in [-0.4, -0.2) is 45.0 Å². The van der Waals surface area contributed by atoms with E-state index in [1.54, 1.807) is 31.5 Å². The highest BCUT2D eigenvalue weighted by Gasteiger charge is 2.30. The molecule has 1 saturated heterocycles. The normalized spacial score (nSPS) is 18.9. The van der Waals surface area contributed by atoms with Gasteiger partial charge in [-0.25, -0.2) is 4.39 Å². The van der Waals surface area contributed by atoms with Crippen LogP contribution in [0.15, 0.2) is 48.8 Å². The Balaban J connectivity index is 1.53. The topological polar surface area (TPSA) is 60.2 Å². The number of carbonyl (C=O) groups is 1. The summed E-state index contributed by atoms with van der Waals surface area (Å²) in [4.78, 5) is 17.2. The number of halogens is 1. The summed E-state index contributed by atoms with van der Waals surface area (Å²) in [7, 11) is 0. The van der Waals surface area contributed by atoms with Crippen molar-refractivity contribution in [1.29, 1.82) is 0 Å². The van der Waals surface area contributed by atoms with E-state index in [-0.39, 0.29) is 23.7 Å². The van der Waals surface area contributed by atoms with Crippen molar-refractivity contribution < 1.29 is 13.9 Å². The Kier molecular flexibility index (Phi) is 6.53. The highest BCUT2D eigenvalue weighted by molar-refractivity contribution is 5.98. The Morgan fingerprint density at radius 1 is 1.12 bits per heavy atom. The van der Waals surface area contributed by atoms with E-state index in [2.05, 4.69) is 17.1 Å². The van der Waals surface area contributed by atoms with Crippen LogP contribution in [0, 0.1) is 25.6 Å². The van der Waals surface area contributed by atoms with Crippen LogP contribution in [0.2, 0.25) is 0 Å². The average molecular weight is 437 g/mol. The van der Waals surface area contributed by atoms with Crippen LogP contribution in [0.5, 0.6) is 5.75 Å². The van der Waals surface area contributed by atoms with Gasteiger partial charge in [0.05, 0.1) is 30.3 Å². The zero-order valence-corrected chi connectivity index (χ0v) is 18.8. The Labute approximate surface area is 188 Å². The molecule has 32 heavy (non-hydrogen) atoms. The molecule has 1 fully saturated rings. The first kappa shape index (κ1) is 22.0. The monoisotopic (exact) mass is 436 g/mol. The van der Waals surface area contributed by atoms with E-state index in [9.17, 15) is 9.18 Å². The predicted molar refractivity (Wildman–Crippen MR) is 121 cm³/mol. The molecule has 1 amide bonds. The molecule has 0 radical (unpaired) electrons. The smallest absolute Gasteiger partial charge is 0.256 e. The zero-order valence-electron chi connectivity index (χ0n) is 18.8. The van der Waals surface area contributed by atoms with Crippen LogP contribution in [0.4, 0.5) is 4.39 Å². The summed E-state index contributed by atoms with van der Waals surface area (Å²) in [5, 5.41) is 8.44. The number of carbonyl (C=O) groups excluding carboxylic acids is 1. The van der Waals surface area contributed by atoms with Gasteiger partial charge in [-0.2, -0.15) is 15.0 Å². The van der Waals surface area contributed by atoms with E-state index >= 15 is 0 Å². The molecule has 1 aromatic heterocycles. The maximum atomic E-state index is 13.7. The lowest BCUT2D eigenvalue weighted by molar-refractivity contribution is 0.0654. The van der Waals surface area contributed by atoms with E-state index in [0.29, 0.717) is 35.7 Å².